The van der Waals surface area contributed by atoms with E-state index >= 15 is 0 Å². The predicted octanol–water partition coefficient (Wildman–Crippen LogP) is 3.63. The van der Waals surface area contributed by atoms with Crippen molar-refractivity contribution in [3.05, 3.63) is 59.4 Å². The average molecular weight is 362 g/mol. The zero-order valence-corrected chi connectivity index (χ0v) is 14.7. The fourth-order valence-electron chi connectivity index (χ4n) is 2.96. The molecule has 1 fully saturated rings. The van der Waals surface area contributed by atoms with Crippen LogP contribution in [0.2, 0.25) is 5.02 Å². The van der Waals surface area contributed by atoms with E-state index in [0.717, 1.165) is 23.8 Å². The van der Waals surface area contributed by atoms with E-state index in [1.807, 2.05) is 29.2 Å². The van der Waals surface area contributed by atoms with Crippen LogP contribution in [0.25, 0.3) is 0 Å². The minimum absolute atomic E-state index is 0.120. The van der Waals surface area contributed by atoms with Crippen LogP contribution in [0.5, 0.6) is 0 Å². The zero-order chi connectivity index (χ0) is 17.6. The lowest BCUT2D eigenvalue weighted by molar-refractivity contribution is -0.131. The van der Waals surface area contributed by atoms with Crippen LogP contribution in [0, 0.1) is 5.82 Å². The molecule has 0 radical (unpaired) electrons. The van der Waals surface area contributed by atoms with Gasteiger partial charge in [-0.3, -0.25) is 4.79 Å². The molecule has 0 unspecified atom stereocenters. The van der Waals surface area contributed by atoms with E-state index in [2.05, 4.69) is 10.2 Å². The van der Waals surface area contributed by atoms with Crippen molar-refractivity contribution in [3.63, 3.8) is 0 Å². The molecule has 1 aliphatic heterocycles. The molecule has 1 aliphatic rings. The molecule has 25 heavy (non-hydrogen) atoms. The quantitative estimate of drug-likeness (QED) is 0.883. The molecule has 0 aliphatic carbocycles. The second-order valence-electron chi connectivity index (χ2n) is 6.03. The van der Waals surface area contributed by atoms with Crippen LogP contribution >= 0.6 is 11.6 Å². The van der Waals surface area contributed by atoms with Crippen LogP contribution in [-0.2, 0) is 4.79 Å². The lowest BCUT2D eigenvalue weighted by Gasteiger charge is -2.36. The normalized spacial score (nSPS) is 14.5. The molecule has 2 aromatic carbocycles. The van der Waals surface area contributed by atoms with E-state index in [0.29, 0.717) is 31.7 Å². The zero-order valence-electron chi connectivity index (χ0n) is 13.9. The summed E-state index contributed by atoms with van der Waals surface area (Å²) in [5, 5.41) is 3.81. The number of amides is 1. The smallest absolute Gasteiger partial charge is 0.224 e. The van der Waals surface area contributed by atoms with Gasteiger partial charge in [0.05, 0.1) is 0 Å². The van der Waals surface area contributed by atoms with E-state index in [1.165, 1.54) is 12.1 Å². The number of benzene rings is 2. The Morgan fingerprint density at radius 3 is 2.56 bits per heavy atom. The van der Waals surface area contributed by atoms with E-state index in [9.17, 15) is 9.18 Å². The lowest BCUT2D eigenvalue weighted by Crippen LogP contribution is -2.49. The summed E-state index contributed by atoms with van der Waals surface area (Å²) in [6, 6.07) is 14.0. The van der Waals surface area contributed by atoms with Gasteiger partial charge in [0.1, 0.15) is 5.82 Å². The lowest BCUT2D eigenvalue weighted by atomic mass is 10.2. The number of carbonyl (C=O) groups is 1. The van der Waals surface area contributed by atoms with Crippen LogP contribution in [0.1, 0.15) is 6.42 Å². The third kappa shape index (κ3) is 4.86. The molecule has 3 rings (SSSR count). The second-order valence-corrected chi connectivity index (χ2v) is 6.47. The summed E-state index contributed by atoms with van der Waals surface area (Å²) in [5.41, 5.74) is 1.78. The molecule has 1 N–H and O–H groups in total. The van der Waals surface area contributed by atoms with Gasteiger partial charge in [0.25, 0.3) is 0 Å². The minimum atomic E-state index is -0.284. The molecule has 1 saturated heterocycles. The second kappa shape index (κ2) is 8.21. The first-order chi connectivity index (χ1) is 12.1. The van der Waals surface area contributed by atoms with Crippen molar-refractivity contribution in [1.82, 2.24) is 4.90 Å². The SMILES string of the molecule is O=C(CCNc1cccc(F)c1)N1CCN(c2cccc(Cl)c2)CC1. The van der Waals surface area contributed by atoms with Crippen molar-refractivity contribution in [1.29, 1.82) is 0 Å². The van der Waals surface area contributed by atoms with E-state index < -0.39 is 0 Å². The number of rotatable bonds is 5. The summed E-state index contributed by atoms with van der Waals surface area (Å²) in [6.45, 7) is 3.49. The molecule has 0 bridgehead atoms. The van der Waals surface area contributed by atoms with Gasteiger partial charge in [-0.05, 0) is 36.4 Å². The van der Waals surface area contributed by atoms with Crippen molar-refractivity contribution in [2.45, 2.75) is 6.42 Å². The highest BCUT2D eigenvalue weighted by Crippen LogP contribution is 2.21. The molecule has 1 amide bonds. The van der Waals surface area contributed by atoms with Crippen LogP contribution in [0.4, 0.5) is 15.8 Å². The highest BCUT2D eigenvalue weighted by Gasteiger charge is 2.21. The van der Waals surface area contributed by atoms with Gasteiger partial charge < -0.3 is 15.1 Å². The maximum Gasteiger partial charge on any atom is 0.224 e. The number of piperazine rings is 1. The highest BCUT2D eigenvalue weighted by atomic mass is 35.5. The monoisotopic (exact) mass is 361 g/mol. The van der Waals surface area contributed by atoms with Crippen LogP contribution < -0.4 is 10.2 Å². The number of nitrogens with one attached hydrogen (secondary N) is 1. The van der Waals surface area contributed by atoms with E-state index in [4.69, 9.17) is 11.6 Å². The van der Waals surface area contributed by atoms with Crippen LogP contribution in [0.15, 0.2) is 48.5 Å². The van der Waals surface area contributed by atoms with Crippen molar-refractivity contribution >= 4 is 28.9 Å². The maximum atomic E-state index is 13.1. The Morgan fingerprint density at radius 2 is 1.84 bits per heavy atom. The Labute approximate surface area is 152 Å². The molecule has 0 atom stereocenters. The van der Waals surface area contributed by atoms with Crippen molar-refractivity contribution in [2.75, 3.05) is 42.9 Å². The molecule has 4 nitrogen and oxygen atoms in total. The number of hydrogen-bond donors (Lipinski definition) is 1. The Bertz CT molecular complexity index is 732. The van der Waals surface area contributed by atoms with Crippen molar-refractivity contribution in [2.24, 2.45) is 0 Å². The van der Waals surface area contributed by atoms with Crippen molar-refractivity contribution in [3.8, 4) is 0 Å². The van der Waals surface area contributed by atoms with E-state index in [-0.39, 0.29) is 11.7 Å². The van der Waals surface area contributed by atoms with Gasteiger partial charge in [0, 0.05) is 55.5 Å². The summed E-state index contributed by atoms with van der Waals surface area (Å²) in [4.78, 5) is 16.4. The molecule has 132 valence electrons. The van der Waals surface area contributed by atoms with Gasteiger partial charge in [0.2, 0.25) is 5.91 Å². The summed E-state index contributed by atoms with van der Waals surface area (Å²) >= 11 is 6.04. The van der Waals surface area contributed by atoms with Crippen LogP contribution in [-0.4, -0.2) is 43.5 Å². The number of nitrogens with zero attached hydrogens (tertiary/aromatic N) is 2. The largest absolute Gasteiger partial charge is 0.384 e. The minimum Gasteiger partial charge on any atom is -0.384 e. The van der Waals surface area contributed by atoms with E-state index in [1.54, 1.807) is 12.1 Å². The Hall–Kier alpha value is -2.27. The van der Waals surface area contributed by atoms with Gasteiger partial charge in [-0.15, -0.1) is 0 Å². The first-order valence-corrected chi connectivity index (χ1v) is 8.77. The molecular formula is C19H21ClFN3O. The molecule has 2 aromatic rings. The Balaban J connectivity index is 1.44. The fourth-order valence-corrected chi connectivity index (χ4v) is 3.14. The third-order valence-electron chi connectivity index (χ3n) is 4.30. The number of hydrogen-bond acceptors (Lipinski definition) is 3. The molecule has 6 heteroatoms. The standard InChI is InChI=1S/C19H21ClFN3O/c20-15-3-1-6-18(13-15)23-9-11-24(12-10-23)19(25)7-8-22-17-5-2-4-16(21)14-17/h1-6,13-14,22H,7-12H2. The van der Waals surface area contributed by atoms with Gasteiger partial charge in [0.15, 0.2) is 0 Å². The first kappa shape index (κ1) is 17.5. The summed E-state index contributed by atoms with van der Waals surface area (Å²) in [6.07, 6.45) is 0.397. The summed E-state index contributed by atoms with van der Waals surface area (Å²) in [5.74, 6) is -0.164. The fraction of sp³-hybridized carbons (Fsp3) is 0.316. The Kier molecular flexibility index (Phi) is 5.76. The number of anilines is 2. The Morgan fingerprint density at radius 1 is 1.08 bits per heavy atom. The molecule has 1 heterocycles. The molecule has 0 spiro atoms. The molecular weight excluding hydrogens is 341 g/mol. The molecule has 0 saturated carbocycles. The van der Waals surface area contributed by atoms with Gasteiger partial charge in [-0.1, -0.05) is 23.7 Å². The van der Waals surface area contributed by atoms with Gasteiger partial charge in [-0.25, -0.2) is 4.39 Å². The summed E-state index contributed by atoms with van der Waals surface area (Å²) < 4.78 is 13.1. The average Bonchev–Trinajstić information content (AvgIpc) is 2.62. The number of carbonyl (C=O) groups excluding carboxylic acids is 1. The maximum absolute atomic E-state index is 13.1. The van der Waals surface area contributed by atoms with Crippen LogP contribution in [0.3, 0.4) is 0 Å². The number of halogens is 2. The van der Waals surface area contributed by atoms with Crippen molar-refractivity contribution < 1.29 is 9.18 Å². The highest BCUT2D eigenvalue weighted by molar-refractivity contribution is 6.30. The summed E-state index contributed by atoms with van der Waals surface area (Å²) in [7, 11) is 0. The first-order valence-electron chi connectivity index (χ1n) is 8.39. The predicted molar refractivity (Wildman–Crippen MR) is 99.8 cm³/mol. The van der Waals surface area contributed by atoms with Gasteiger partial charge >= 0.3 is 0 Å². The van der Waals surface area contributed by atoms with Gasteiger partial charge in [-0.2, -0.15) is 0 Å². The topological polar surface area (TPSA) is 35.6 Å². The molecule has 0 aromatic heterocycles. The third-order valence-corrected chi connectivity index (χ3v) is 4.53.